The molecule has 1 aliphatic rings. The molecule has 0 atom stereocenters. The summed E-state index contributed by atoms with van der Waals surface area (Å²) >= 11 is 0. The minimum absolute atomic E-state index is 0.161. The Bertz CT molecular complexity index is 989. The van der Waals surface area contributed by atoms with Crippen LogP contribution in [0.1, 0.15) is 34.7 Å². The maximum atomic E-state index is 12.4. The molecule has 0 unspecified atom stereocenters. The molecular formula is C18H18N4O3. The van der Waals surface area contributed by atoms with Crippen LogP contribution in [0.2, 0.25) is 0 Å². The van der Waals surface area contributed by atoms with E-state index in [-0.39, 0.29) is 11.5 Å². The van der Waals surface area contributed by atoms with Crippen molar-refractivity contribution in [3.05, 3.63) is 57.8 Å². The molecule has 0 spiro atoms. The second kappa shape index (κ2) is 6.51. The summed E-state index contributed by atoms with van der Waals surface area (Å²) in [6.45, 7) is 0.598. The molecular weight excluding hydrogens is 320 g/mol. The van der Waals surface area contributed by atoms with Crippen molar-refractivity contribution in [2.45, 2.75) is 32.2 Å². The van der Waals surface area contributed by atoms with Gasteiger partial charge in [0.05, 0.1) is 18.1 Å². The van der Waals surface area contributed by atoms with Gasteiger partial charge in [-0.1, -0.05) is 23.4 Å². The van der Waals surface area contributed by atoms with Crippen LogP contribution in [0.25, 0.3) is 10.8 Å². The molecule has 0 bridgehead atoms. The summed E-state index contributed by atoms with van der Waals surface area (Å²) < 4.78 is 6.62. The van der Waals surface area contributed by atoms with E-state index in [1.54, 1.807) is 12.3 Å². The van der Waals surface area contributed by atoms with Gasteiger partial charge >= 0.3 is 0 Å². The number of rotatable bonds is 4. The second-order valence-corrected chi connectivity index (χ2v) is 6.16. The minimum atomic E-state index is -0.263. The van der Waals surface area contributed by atoms with Gasteiger partial charge in [-0.15, -0.1) is 0 Å². The third-order valence-corrected chi connectivity index (χ3v) is 4.54. The number of hydrogen-bond donors (Lipinski definition) is 1. The highest BCUT2D eigenvalue weighted by Gasteiger charge is 2.23. The maximum absolute atomic E-state index is 12.4. The molecule has 1 amide bonds. The molecule has 128 valence electrons. The Balaban J connectivity index is 1.44. The van der Waals surface area contributed by atoms with Crippen molar-refractivity contribution in [3.63, 3.8) is 0 Å². The van der Waals surface area contributed by atoms with Crippen LogP contribution in [0.5, 0.6) is 0 Å². The zero-order valence-electron chi connectivity index (χ0n) is 13.7. The molecule has 7 nitrogen and oxygen atoms in total. The minimum Gasteiger partial charge on any atom is -0.360 e. The lowest BCUT2D eigenvalue weighted by Crippen LogP contribution is -2.32. The summed E-state index contributed by atoms with van der Waals surface area (Å²) in [6.07, 6.45) is 5.44. The molecule has 0 radical (unpaired) electrons. The van der Waals surface area contributed by atoms with Crippen LogP contribution < -0.4 is 10.9 Å². The van der Waals surface area contributed by atoms with Crippen molar-refractivity contribution >= 4 is 16.7 Å². The average molecular weight is 338 g/mol. The van der Waals surface area contributed by atoms with E-state index >= 15 is 0 Å². The molecule has 25 heavy (non-hydrogen) atoms. The first-order valence-corrected chi connectivity index (χ1v) is 8.44. The molecule has 1 N–H and O–H groups in total. The van der Waals surface area contributed by atoms with Crippen LogP contribution in [-0.4, -0.2) is 27.4 Å². The van der Waals surface area contributed by atoms with Gasteiger partial charge in [0.25, 0.3) is 11.5 Å². The lowest BCUT2D eigenvalue weighted by atomic mass is 9.96. The van der Waals surface area contributed by atoms with Crippen LogP contribution in [0, 0.1) is 0 Å². The van der Waals surface area contributed by atoms with Crippen molar-refractivity contribution in [2.24, 2.45) is 0 Å². The molecule has 0 saturated carbocycles. The Hall–Kier alpha value is -2.96. The van der Waals surface area contributed by atoms with E-state index in [9.17, 15) is 9.59 Å². The molecule has 1 aromatic carbocycles. The third kappa shape index (κ3) is 2.93. The number of aromatic nitrogens is 3. The van der Waals surface area contributed by atoms with Crippen molar-refractivity contribution in [2.75, 3.05) is 6.54 Å². The van der Waals surface area contributed by atoms with E-state index in [2.05, 4.69) is 15.6 Å². The fourth-order valence-corrected chi connectivity index (χ4v) is 3.21. The zero-order valence-corrected chi connectivity index (χ0v) is 13.7. The first-order valence-electron chi connectivity index (χ1n) is 8.44. The Kier molecular flexibility index (Phi) is 4.05. The van der Waals surface area contributed by atoms with Crippen LogP contribution in [0.15, 0.2) is 39.8 Å². The van der Waals surface area contributed by atoms with E-state index in [0.717, 1.165) is 42.4 Å². The van der Waals surface area contributed by atoms with Crippen molar-refractivity contribution in [3.8, 4) is 0 Å². The van der Waals surface area contributed by atoms with E-state index in [0.29, 0.717) is 24.2 Å². The molecule has 7 heteroatoms. The summed E-state index contributed by atoms with van der Waals surface area (Å²) in [5.74, 6) is 0.560. The normalized spacial score (nSPS) is 13.6. The lowest BCUT2D eigenvalue weighted by Gasteiger charge is -2.10. The largest absolute Gasteiger partial charge is 0.360 e. The number of carbonyl (C=O) groups excluding carboxylic acids is 1. The van der Waals surface area contributed by atoms with Gasteiger partial charge in [0.2, 0.25) is 0 Å². The summed E-state index contributed by atoms with van der Waals surface area (Å²) in [4.78, 5) is 24.7. The Morgan fingerprint density at radius 1 is 1.24 bits per heavy atom. The van der Waals surface area contributed by atoms with Crippen LogP contribution >= 0.6 is 0 Å². The zero-order chi connectivity index (χ0) is 17.2. The van der Waals surface area contributed by atoms with Crippen molar-refractivity contribution in [1.82, 2.24) is 20.3 Å². The number of carbonyl (C=O) groups is 1. The summed E-state index contributed by atoms with van der Waals surface area (Å²) in [6, 6.07) is 7.32. The number of aryl methyl sites for hydroxylation is 1. The van der Waals surface area contributed by atoms with E-state index < -0.39 is 0 Å². The maximum Gasteiger partial charge on any atom is 0.274 e. The highest BCUT2D eigenvalue weighted by molar-refractivity contribution is 5.93. The van der Waals surface area contributed by atoms with Gasteiger partial charge < -0.3 is 9.84 Å². The van der Waals surface area contributed by atoms with Gasteiger partial charge in [0.1, 0.15) is 5.76 Å². The number of hydrogen-bond acceptors (Lipinski definition) is 5. The Labute approximate surface area is 143 Å². The molecule has 0 aliphatic heterocycles. The number of nitrogens with zero attached hydrogens (tertiary/aromatic N) is 3. The fourth-order valence-electron chi connectivity index (χ4n) is 3.21. The molecule has 0 saturated heterocycles. The van der Waals surface area contributed by atoms with Crippen LogP contribution in [-0.2, 0) is 19.4 Å². The second-order valence-electron chi connectivity index (χ2n) is 6.16. The number of nitrogens with one attached hydrogen (secondary N) is 1. The molecule has 2 heterocycles. The molecule has 2 aromatic heterocycles. The number of amides is 1. The topological polar surface area (TPSA) is 90.0 Å². The third-order valence-electron chi connectivity index (χ3n) is 4.54. The van der Waals surface area contributed by atoms with Crippen molar-refractivity contribution < 1.29 is 9.32 Å². The van der Waals surface area contributed by atoms with Gasteiger partial charge in [-0.3, -0.25) is 9.59 Å². The van der Waals surface area contributed by atoms with Gasteiger partial charge in [-0.2, -0.15) is 5.10 Å². The standard InChI is InChI=1S/C18H18N4O3/c23-17(16-14-7-3-4-8-15(14)25-21-16)19-9-10-22-18(24)13-6-2-1-5-12(13)11-20-22/h1-2,5-6,11H,3-4,7-10H2,(H,19,23). The van der Waals surface area contributed by atoms with E-state index in [1.165, 1.54) is 4.68 Å². The smallest absolute Gasteiger partial charge is 0.274 e. The summed E-state index contributed by atoms with van der Waals surface area (Å²) in [7, 11) is 0. The monoisotopic (exact) mass is 338 g/mol. The predicted octanol–water partition coefficient (Wildman–Crippen LogP) is 1.69. The van der Waals surface area contributed by atoms with Gasteiger partial charge in [-0.05, 0) is 25.3 Å². The van der Waals surface area contributed by atoms with Crippen LogP contribution in [0.4, 0.5) is 0 Å². The number of fused-ring (bicyclic) bond motifs is 2. The van der Waals surface area contributed by atoms with Crippen LogP contribution in [0.3, 0.4) is 0 Å². The highest BCUT2D eigenvalue weighted by atomic mass is 16.5. The Morgan fingerprint density at radius 2 is 2.08 bits per heavy atom. The predicted molar refractivity (Wildman–Crippen MR) is 91.5 cm³/mol. The Morgan fingerprint density at radius 3 is 3.00 bits per heavy atom. The lowest BCUT2D eigenvalue weighted by molar-refractivity contribution is 0.0942. The molecule has 4 rings (SSSR count). The number of benzene rings is 1. The SMILES string of the molecule is O=C(NCCn1ncc2ccccc2c1=O)c1noc2c1CCCC2. The van der Waals surface area contributed by atoms with E-state index in [4.69, 9.17) is 4.52 Å². The van der Waals surface area contributed by atoms with Gasteiger partial charge in [0.15, 0.2) is 5.69 Å². The van der Waals surface area contributed by atoms with E-state index in [1.807, 2.05) is 18.2 Å². The summed E-state index contributed by atoms with van der Waals surface area (Å²) in [5.41, 5.74) is 1.13. The average Bonchev–Trinajstić information content (AvgIpc) is 3.08. The molecule has 1 aliphatic carbocycles. The van der Waals surface area contributed by atoms with Gasteiger partial charge in [0, 0.05) is 23.9 Å². The highest BCUT2D eigenvalue weighted by Crippen LogP contribution is 2.23. The quantitative estimate of drug-likeness (QED) is 0.782. The van der Waals surface area contributed by atoms with Crippen molar-refractivity contribution in [1.29, 1.82) is 0 Å². The summed E-state index contributed by atoms with van der Waals surface area (Å²) in [5, 5.41) is 12.3. The molecule has 3 aromatic rings. The van der Waals surface area contributed by atoms with Gasteiger partial charge in [-0.25, -0.2) is 4.68 Å². The first-order chi connectivity index (χ1) is 12.2. The fraction of sp³-hybridized carbons (Fsp3) is 0.333. The molecule has 0 fully saturated rings. The first kappa shape index (κ1) is 15.6.